The number of aryl methyl sites for hydroxylation is 2. The van der Waals surface area contributed by atoms with Crippen LogP contribution in [0.5, 0.6) is 0 Å². The van der Waals surface area contributed by atoms with Gasteiger partial charge in [0.15, 0.2) is 5.65 Å². The third-order valence-electron chi connectivity index (χ3n) is 3.07. The zero-order valence-electron chi connectivity index (χ0n) is 11.1. The summed E-state index contributed by atoms with van der Waals surface area (Å²) in [5.41, 5.74) is 0.840. The number of nitrogens with one attached hydrogen (secondary N) is 1. The Morgan fingerprint density at radius 1 is 1.32 bits per heavy atom. The van der Waals surface area contributed by atoms with Crippen molar-refractivity contribution in [2.75, 3.05) is 5.32 Å². The molecule has 0 bridgehead atoms. The van der Waals surface area contributed by atoms with Crippen LogP contribution in [0.2, 0.25) is 0 Å². The molecule has 0 saturated heterocycles. The van der Waals surface area contributed by atoms with Gasteiger partial charge >= 0.3 is 0 Å². The Hall–Kier alpha value is -1.95. The van der Waals surface area contributed by atoms with Gasteiger partial charge in [-0.2, -0.15) is 5.10 Å². The van der Waals surface area contributed by atoms with Crippen molar-refractivity contribution in [1.82, 2.24) is 19.7 Å². The van der Waals surface area contributed by atoms with Gasteiger partial charge in [-0.25, -0.2) is 9.97 Å². The number of rotatable bonds is 3. The van der Waals surface area contributed by atoms with Gasteiger partial charge in [0.2, 0.25) is 0 Å². The largest absolute Gasteiger partial charge is 0.362 e. The molecule has 0 saturated carbocycles. The molecule has 0 fully saturated rings. The van der Waals surface area contributed by atoms with Crippen LogP contribution in [-0.4, -0.2) is 19.7 Å². The minimum absolute atomic E-state index is 0.219. The number of anilines is 1. The Bertz CT molecular complexity index is 715. The quantitative estimate of drug-likeness (QED) is 0.797. The molecule has 3 aromatic rings. The maximum atomic E-state index is 4.32. The maximum absolute atomic E-state index is 4.32. The number of nitrogens with zero attached hydrogens (tertiary/aromatic N) is 4. The topological polar surface area (TPSA) is 55.6 Å². The van der Waals surface area contributed by atoms with Crippen LogP contribution >= 0.6 is 11.3 Å². The van der Waals surface area contributed by atoms with E-state index >= 15 is 0 Å². The van der Waals surface area contributed by atoms with E-state index in [2.05, 4.69) is 46.4 Å². The van der Waals surface area contributed by atoms with Crippen molar-refractivity contribution in [3.05, 3.63) is 34.4 Å². The summed E-state index contributed by atoms with van der Waals surface area (Å²) in [7, 11) is 1.88. The monoisotopic (exact) mass is 273 g/mol. The Labute approximate surface area is 115 Å². The molecule has 19 heavy (non-hydrogen) atoms. The van der Waals surface area contributed by atoms with E-state index in [0.29, 0.717) is 0 Å². The molecule has 3 heterocycles. The van der Waals surface area contributed by atoms with Gasteiger partial charge in [0, 0.05) is 16.8 Å². The lowest BCUT2D eigenvalue weighted by atomic mass is 10.2. The fourth-order valence-electron chi connectivity index (χ4n) is 2.04. The van der Waals surface area contributed by atoms with Crippen LogP contribution in [0.4, 0.5) is 5.82 Å². The van der Waals surface area contributed by atoms with Crippen molar-refractivity contribution in [2.45, 2.75) is 19.9 Å². The third-order valence-corrected chi connectivity index (χ3v) is 4.25. The highest BCUT2D eigenvalue weighted by Crippen LogP contribution is 2.27. The molecule has 0 aliphatic rings. The Balaban J connectivity index is 1.93. The van der Waals surface area contributed by atoms with Crippen molar-refractivity contribution in [3.8, 4) is 0 Å². The summed E-state index contributed by atoms with van der Waals surface area (Å²) in [4.78, 5) is 11.2. The highest BCUT2D eigenvalue weighted by Gasteiger charge is 2.12. The van der Waals surface area contributed by atoms with Crippen molar-refractivity contribution < 1.29 is 0 Å². The Morgan fingerprint density at radius 3 is 2.89 bits per heavy atom. The van der Waals surface area contributed by atoms with Gasteiger partial charge in [-0.3, -0.25) is 4.68 Å². The van der Waals surface area contributed by atoms with Gasteiger partial charge in [0.1, 0.15) is 12.1 Å². The first-order chi connectivity index (χ1) is 9.15. The minimum Gasteiger partial charge on any atom is -0.362 e. The molecule has 0 spiro atoms. The van der Waals surface area contributed by atoms with Crippen molar-refractivity contribution in [3.63, 3.8) is 0 Å². The number of aromatic nitrogens is 4. The number of hydrogen-bond donors (Lipinski definition) is 1. The van der Waals surface area contributed by atoms with Crippen LogP contribution in [0.1, 0.15) is 22.7 Å². The molecule has 6 heteroatoms. The summed E-state index contributed by atoms with van der Waals surface area (Å²) >= 11 is 1.80. The fraction of sp³-hybridized carbons (Fsp3) is 0.308. The summed E-state index contributed by atoms with van der Waals surface area (Å²) in [6, 6.07) is 4.51. The SMILES string of the molecule is Cc1ccc(C(C)Nc2ncnc3c2cnn3C)s1. The molecule has 0 aromatic carbocycles. The van der Waals surface area contributed by atoms with E-state index in [9.17, 15) is 0 Å². The van der Waals surface area contributed by atoms with Crippen LogP contribution in [0, 0.1) is 6.92 Å². The van der Waals surface area contributed by atoms with Gasteiger partial charge in [-0.05, 0) is 26.0 Å². The van der Waals surface area contributed by atoms with E-state index in [1.165, 1.54) is 9.75 Å². The lowest BCUT2D eigenvalue weighted by Gasteiger charge is -2.13. The van der Waals surface area contributed by atoms with Crippen LogP contribution in [0.25, 0.3) is 11.0 Å². The van der Waals surface area contributed by atoms with E-state index in [1.807, 2.05) is 7.05 Å². The third kappa shape index (κ3) is 2.19. The molecule has 0 aliphatic heterocycles. The first kappa shape index (κ1) is 12.1. The molecule has 0 amide bonds. The standard InChI is InChI=1S/C13H15N5S/c1-8-4-5-11(19-8)9(2)17-12-10-6-16-18(3)13(10)15-7-14-12/h4-7,9H,1-3H3,(H,14,15,17). The Morgan fingerprint density at radius 2 is 2.16 bits per heavy atom. The van der Waals surface area contributed by atoms with Gasteiger partial charge in [0.25, 0.3) is 0 Å². The second kappa shape index (κ2) is 4.62. The van der Waals surface area contributed by atoms with E-state index in [0.717, 1.165) is 16.9 Å². The zero-order chi connectivity index (χ0) is 13.4. The van der Waals surface area contributed by atoms with Crippen LogP contribution in [-0.2, 0) is 7.05 Å². The smallest absolute Gasteiger partial charge is 0.163 e. The summed E-state index contributed by atoms with van der Waals surface area (Å²) in [5, 5.41) is 8.60. The highest BCUT2D eigenvalue weighted by atomic mass is 32.1. The molecule has 5 nitrogen and oxygen atoms in total. The zero-order valence-corrected chi connectivity index (χ0v) is 11.9. The number of hydrogen-bond acceptors (Lipinski definition) is 5. The van der Waals surface area contributed by atoms with Crippen molar-refractivity contribution >= 4 is 28.2 Å². The molecular formula is C13H15N5S. The Kier molecular flexibility index (Phi) is 2.94. The molecule has 3 aromatic heterocycles. The molecule has 98 valence electrons. The second-order valence-corrected chi connectivity index (χ2v) is 5.86. The van der Waals surface area contributed by atoms with Gasteiger partial charge in [-0.1, -0.05) is 0 Å². The summed E-state index contributed by atoms with van der Waals surface area (Å²) < 4.78 is 1.75. The molecule has 0 radical (unpaired) electrons. The van der Waals surface area contributed by atoms with Crippen molar-refractivity contribution in [2.24, 2.45) is 7.05 Å². The lowest BCUT2D eigenvalue weighted by Crippen LogP contribution is -2.07. The minimum atomic E-state index is 0.219. The van der Waals surface area contributed by atoms with Gasteiger partial charge < -0.3 is 5.32 Å². The average Bonchev–Trinajstić information content (AvgIpc) is 2.98. The van der Waals surface area contributed by atoms with Crippen molar-refractivity contribution in [1.29, 1.82) is 0 Å². The number of fused-ring (bicyclic) bond motifs is 1. The normalized spacial score (nSPS) is 12.8. The summed E-state index contributed by atoms with van der Waals surface area (Å²) in [6.07, 6.45) is 3.36. The van der Waals surface area contributed by atoms with Crippen LogP contribution in [0.3, 0.4) is 0 Å². The second-order valence-electron chi connectivity index (χ2n) is 4.54. The van der Waals surface area contributed by atoms with E-state index in [4.69, 9.17) is 0 Å². The maximum Gasteiger partial charge on any atom is 0.163 e. The summed E-state index contributed by atoms with van der Waals surface area (Å²) in [5.74, 6) is 0.830. The lowest BCUT2D eigenvalue weighted by molar-refractivity contribution is 0.785. The predicted molar refractivity (Wildman–Crippen MR) is 77.4 cm³/mol. The first-order valence-electron chi connectivity index (χ1n) is 6.10. The van der Waals surface area contributed by atoms with Crippen LogP contribution in [0.15, 0.2) is 24.7 Å². The number of thiophene rings is 1. The summed E-state index contributed by atoms with van der Waals surface area (Å²) in [6.45, 7) is 4.25. The van der Waals surface area contributed by atoms with E-state index in [1.54, 1.807) is 28.5 Å². The molecule has 3 rings (SSSR count). The molecule has 1 N–H and O–H groups in total. The first-order valence-corrected chi connectivity index (χ1v) is 6.92. The molecule has 0 aliphatic carbocycles. The fourth-order valence-corrected chi connectivity index (χ4v) is 2.92. The predicted octanol–water partition coefficient (Wildman–Crippen LogP) is 2.91. The van der Waals surface area contributed by atoms with Gasteiger partial charge in [0.05, 0.1) is 17.6 Å². The molecular weight excluding hydrogens is 258 g/mol. The van der Waals surface area contributed by atoms with E-state index < -0.39 is 0 Å². The van der Waals surface area contributed by atoms with E-state index in [-0.39, 0.29) is 6.04 Å². The highest BCUT2D eigenvalue weighted by molar-refractivity contribution is 7.12. The average molecular weight is 273 g/mol. The van der Waals surface area contributed by atoms with Gasteiger partial charge in [-0.15, -0.1) is 11.3 Å². The molecule has 1 unspecified atom stereocenters. The molecule has 1 atom stereocenters. The van der Waals surface area contributed by atoms with Crippen LogP contribution < -0.4 is 5.32 Å².